The fraction of sp³-hybridized carbons (Fsp3) is 0.240. The first kappa shape index (κ1) is 22.4. The van der Waals surface area contributed by atoms with E-state index in [-0.39, 0.29) is 11.9 Å². The third-order valence-electron chi connectivity index (χ3n) is 6.45. The summed E-state index contributed by atoms with van der Waals surface area (Å²) in [5, 5.41) is 18.6. The summed E-state index contributed by atoms with van der Waals surface area (Å²) in [5.74, 6) is 2.59. The number of rotatable bonds is 5. The van der Waals surface area contributed by atoms with Gasteiger partial charge in [-0.05, 0) is 50.1 Å². The van der Waals surface area contributed by atoms with Gasteiger partial charge in [0, 0.05) is 31.5 Å². The van der Waals surface area contributed by atoms with Gasteiger partial charge in [-0.3, -0.25) is 0 Å². The molecule has 0 unspecified atom stereocenters. The van der Waals surface area contributed by atoms with Crippen molar-refractivity contribution < 1.29 is 4.52 Å². The van der Waals surface area contributed by atoms with Crippen LogP contribution in [-0.4, -0.2) is 53.9 Å². The van der Waals surface area contributed by atoms with Crippen molar-refractivity contribution in [1.29, 1.82) is 5.26 Å². The molecule has 37 heavy (non-hydrogen) atoms. The van der Waals surface area contributed by atoms with Crippen molar-refractivity contribution in [2.45, 2.75) is 25.8 Å². The third kappa shape index (κ3) is 4.16. The molecule has 12 heteroatoms. The molecule has 0 amide bonds. The molecule has 0 spiro atoms. The lowest BCUT2D eigenvalue weighted by molar-refractivity contribution is 0.398. The molecule has 0 aliphatic carbocycles. The standard InChI is InChI=1S/C25H23N11O/c1-15-18(14-30-37-15)19-4-5-20-25(32-19)36(24(33-20)17-3-2-9-29-23(17)27)35-11-7-16(8-12-35)31-21-6-10-28-22(13-26)34-21/h2-6,9-10,14,16H,7-8,11-12H2,1H3,(H2,27,29)(H,28,31,34). The minimum absolute atomic E-state index is 0.149. The monoisotopic (exact) mass is 493 g/mol. The molecule has 5 aromatic heterocycles. The van der Waals surface area contributed by atoms with Gasteiger partial charge in [0.15, 0.2) is 11.5 Å². The molecule has 1 aliphatic rings. The number of nitrogens with two attached hydrogens (primary N) is 1. The van der Waals surface area contributed by atoms with Crippen LogP contribution in [0.5, 0.6) is 0 Å². The zero-order valence-corrected chi connectivity index (χ0v) is 20.0. The van der Waals surface area contributed by atoms with Crippen molar-refractivity contribution in [2.75, 3.05) is 29.1 Å². The molecular weight excluding hydrogens is 470 g/mol. The summed E-state index contributed by atoms with van der Waals surface area (Å²) >= 11 is 0. The van der Waals surface area contributed by atoms with Gasteiger partial charge in [-0.25, -0.2) is 29.6 Å². The highest BCUT2D eigenvalue weighted by Crippen LogP contribution is 2.31. The number of aryl methyl sites for hydroxylation is 1. The number of nitriles is 1. The molecule has 184 valence electrons. The van der Waals surface area contributed by atoms with Crippen LogP contribution in [0.15, 0.2) is 53.4 Å². The molecule has 0 atom stereocenters. The van der Waals surface area contributed by atoms with Crippen LogP contribution >= 0.6 is 0 Å². The zero-order chi connectivity index (χ0) is 25.4. The molecule has 1 fully saturated rings. The number of piperidine rings is 1. The predicted octanol–water partition coefficient (Wildman–Crippen LogP) is 2.91. The van der Waals surface area contributed by atoms with E-state index in [0.717, 1.165) is 53.9 Å². The van der Waals surface area contributed by atoms with Gasteiger partial charge < -0.3 is 20.6 Å². The summed E-state index contributed by atoms with van der Waals surface area (Å²) in [7, 11) is 0. The first-order chi connectivity index (χ1) is 18.1. The van der Waals surface area contributed by atoms with E-state index in [4.69, 9.17) is 25.5 Å². The molecular formula is C25H23N11O. The van der Waals surface area contributed by atoms with Crippen LogP contribution < -0.4 is 16.1 Å². The molecule has 1 aliphatic heterocycles. The van der Waals surface area contributed by atoms with Crippen molar-refractivity contribution in [3.63, 3.8) is 0 Å². The van der Waals surface area contributed by atoms with E-state index in [1.807, 2.05) is 41.9 Å². The highest BCUT2D eigenvalue weighted by molar-refractivity contribution is 5.83. The Morgan fingerprint density at radius 3 is 2.68 bits per heavy atom. The van der Waals surface area contributed by atoms with Gasteiger partial charge in [0.1, 0.15) is 29.0 Å². The average Bonchev–Trinajstić information content (AvgIpc) is 3.52. The molecule has 1 saturated heterocycles. The highest BCUT2D eigenvalue weighted by Gasteiger charge is 2.26. The van der Waals surface area contributed by atoms with Gasteiger partial charge >= 0.3 is 0 Å². The largest absolute Gasteiger partial charge is 0.383 e. The van der Waals surface area contributed by atoms with E-state index >= 15 is 0 Å². The van der Waals surface area contributed by atoms with Gasteiger partial charge in [0.2, 0.25) is 5.82 Å². The lowest BCUT2D eigenvalue weighted by Gasteiger charge is -2.35. The maximum absolute atomic E-state index is 9.08. The predicted molar refractivity (Wildman–Crippen MR) is 137 cm³/mol. The van der Waals surface area contributed by atoms with Crippen molar-refractivity contribution in [3.8, 4) is 28.7 Å². The Bertz CT molecular complexity index is 1630. The summed E-state index contributed by atoms with van der Waals surface area (Å²) in [5.41, 5.74) is 10.1. The molecule has 6 heterocycles. The molecule has 3 N–H and O–H groups in total. The number of fused-ring (bicyclic) bond motifs is 1. The van der Waals surface area contributed by atoms with Crippen LogP contribution in [0.3, 0.4) is 0 Å². The number of anilines is 2. The van der Waals surface area contributed by atoms with Gasteiger partial charge in [0.05, 0.1) is 23.0 Å². The summed E-state index contributed by atoms with van der Waals surface area (Å²) in [6, 6.07) is 11.6. The van der Waals surface area contributed by atoms with E-state index in [1.165, 1.54) is 0 Å². The number of imidazole rings is 1. The Labute approximate surface area is 211 Å². The van der Waals surface area contributed by atoms with E-state index in [1.54, 1.807) is 24.7 Å². The molecule has 12 nitrogen and oxygen atoms in total. The topological polar surface area (TPSA) is 160 Å². The van der Waals surface area contributed by atoms with E-state index in [9.17, 15) is 0 Å². The lowest BCUT2D eigenvalue weighted by Crippen LogP contribution is -2.45. The van der Waals surface area contributed by atoms with Crippen molar-refractivity contribution in [1.82, 2.24) is 34.8 Å². The zero-order valence-electron chi connectivity index (χ0n) is 20.0. The number of nitrogen functional groups attached to an aromatic ring is 1. The normalized spacial score (nSPS) is 14.1. The maximum Gasteiger partial charge on any atom is 0.234 e. The Hall–Kier alpha value is -5.05. The van der Waals surface area contributed by atoms with E-state index in [0.29, 0.717) is 23.2 Å². The number of hydrogen-bond donors (Lipinski definition) is 2. The quantitative estimate of drug-likeness (QED) is 0.370. The maximum atomic E-state index is 9.08. The molecule has 5 aromatic rings. The minimum Gasteiger partial charge on any atom is -0.383 e. The van der Waals surface area contributed by atoms with E-state index in [2.05, 4.69) is 30.4 Å². The molecule has 0 bridgehead atoms. The number of aromatic nitrogens is 7. The first-order valence-corrected chi connectivity index (χ1v) is 11.9. The van der Waals surface area contributed by atoms with Gasteiger partial charge in [-0.15, -0.1) is 0 Å². The van der Waals surface area contributed by atoms with Gasteiger partial charge in [-0.2, -0.15) is 5.26 Å². The van der Waals surface area contributed by atoms with Crippen LogP contribution in [0.2, 0.25) is 0 Å². The second-order valence-electron chi connectivity index (χ2n) is 8.77. The van der Waals surface area contributed by atoms with Gasteiger partial charge in [0.25, 0.3) is 0 Å². The third-order valence-corrected chi connectivity index (χ3v) is 6.45. The Kier molecular flexibility index (Phi) is 5.57. The van der Waals surface area contributed by atoms with Crippen molar-refractivity contribution in [3.05, 3.63) is 60.5 Å². The summed E-state index contributed by atoms with van der Waals surface area (Å²) in [6.07, 6.45) is 6.62. The number of pyridine rings is 2. The number of nitrogens with zero attached hydrogens (tertiary/aromatic N) is 9. The number of hydrogen-bond acceptors (Lipinski definition) is 11. The Morgan fingerprint density at radius 1 is 1.05 bits per heavy atom. The van der Waals surface area contributed by atoms with Crippen LogP contribution in [0.4, 0.5) is 11.6 Å². The lowest BCUT2D eigenvalue weighted by atomic mass is 10.1. The summed E-state index contributed by atoms with van der Waals surface area (Å²) in [4.78, 5) is 22.3. The summed E-state index contributed by atoms with van der Waals surface area (Å²) in [6.45, 7) is 3.34. The van der Waals surface area contributed by atoms with Crippen LogP contribution in [-0.2, 0) is 0 Å². The SMILES string of the molecule is Cc1oncc1-c1ccc2nc(-c3cccnc3N)n(N3CCC(Nc4ccnc(C#N)n4)CC3)c2n1. The van der Waals surface area contributed by atoms with E-state index < -0.39 is 0 Å². The Balaban J connectivity index is 1.36. The molecule has 6 rings (SSSR count). The fourth-order valence-electron chi connectivity index (χ4n) is 4.60. The second-order valence-corrected chi connectivity index (χ2v) is 8.77. The molecule has 0 saturated carbocycles. The van der Waals surface area contributed by atoms with Crippen LogP contribution in [0.1, 0.15) is 24.4 Å². The fourth-order valence-corrected chi connectivity index (χ4v) is 4.60. The van der Waals surface area contributed by atoms with Crippen molar-refractivity contribution in [2.24, 2.45) is 0 Å². The molecule has 0 radical (unpaired) electrons. The molecule has 0 aromatic carbocycles. The van der Waals surface area contributed by atoms with Gasteiger partial charge in [-0.1, -0.05) is 5.16 Å². The summed E-state index contributed by atoms with van der Waals surface area (Å²) < 4.78 is 7.31. The highest BCUT2D eigenvalue weighted by atomic mass is 16.5. The van der Waals surface area contributed by atoms with Crippen LogP contribution in [0, 0.1) is 18.3 Å². The van der Waals surface area contributed by atoms with Crippen LogP contribution in [0.25, 0.3) is 33.8 Å². The first-order valence-electron chi connectivity index (χ1n) is 11.9. The average molecular weight is 494 g/mol. The van der Waals surface area contributed by atoms with Crippen molar-refractivity contribution >= 4 is 22.8 Å². The Morgan fingerprint density at radius 2 is 1.92 bits per heavy atom. The number of nitrogens with one attached hydrogen (secondary N) is 1. The minimum atomic E-state index is 0.149. The second kappa shape index (κ2) is 9.19. The smallest absolute Gasteiger partial charge is 0.234 e.